The van der Waals surface area contributed by atoms with E-state index < -0.39 is 6.04 Å². The zero-order valence-electron chi connectivity index (χ0n) is 15.1. The summed E-state index contributed by atoms with van der Waals surface area (Å²) in [4.78, 5) is 27.2. The van der Waals surface area contributed by atoms with Gasteiger partial charge in [0.05, 0.1) is 0 Å². The molecule has 0 radical (unpaired) electrons. The van der Waals surface area contributed by atoms with Crippen LogP contribution in [0.3, 0.4) is 0 Å². The van der Waals surface area contributed by atoms with Gasteiger partial charge in [-0.1, -0.05) is 67.6 Å². The SMILES string of the molecule is CCC(=O)N(Cc1ccccc1)[C@H](C(=O)NCCCO)c1ccccc1. The highest BCUT2D eigenvalue weighted by Crippen LogP contribution is 2.24. The monoisotopic (exact) mass is 354 g/mol. The predicted octanol–water partition coefficient (Wildman–Crippen LogP) is 2.67. The molecule has 0 saturated heterocycles. The molecule has 2 aromatic rings. The highest BCUT2D eigenvalue weighted by atomic mass is 16.3. The summed E-state index contributed by atoms with van der Waals surface area (Å²) in [6.07, 6.45) is 0.799. The molecular formula is C21H26N2O3. The molecule has 0 heterocycles. The van der Waals surface area contributed by atoms with E-state index in [1.807, 2.05) is 60.7 Å². The molecule has 138 valence electrons. The third kappa shape index (κ3) is 5.43. The summed E-state index contributed by atoms with van der Waals surface area (Å²) >= 11 is 0. The van der Waals surface area contributed by atoms with Crippen molar-refractivity contribution in [3.63, 3.8) is 0 Å². The van der Waals surface area contributed by atoms with Gasteiger partial charge < -0.3 is 15.3 Å². The zero-order chi connectivity index (χ0) is 18.8. The molecule has 1 atom stereocenters. The van der Waals surface area contributed by atoms with Gasteiger partial charge in [0.25, 0.3) is 0 Å². The summed E-state index contributed by atoms with van der Waals surface area (Å²) in [7, 11) is 0. The van der Waals surface area contributed by atoms with Crippen molar-refractivity contribution in [1.29, 1.82) is 0 Å². The minimum atomic E-state index is -0.706. The van der Waals surface area contributed by atoms with Crippen LogP contribution in [0.2, 0.25) is 0 Å². The molecule has 2 amide bonds. The van der Waals surface area contributed by atoms with Gasteiger partial charge in [-0.3, -0.25) is 9.59 Å². The van der Waals surface area contributed by atoms with E-state index in [1.165, 1.54) is 0 Å². The molecule has 5 nitrogen and oxygen atoms in total. The average molecular weight is 354 g/mol. The molecule has 0 aliphatic rings. The summed E-state index contributed by atoms with van der Waals surface area (Å²) in [6, 6.07) is 18.3. The molecule has 0 saturated carbocycles. The quantitative estimate of drug-likeness (QED) is 0.680. The van der Waals surface area contributed by atoms with E-state index >= 15 is 0 Å². The van der Waals surface area contributed by atoms with Gasteiger partial charge in [0.15, 0.2) is 0 Å². The minimum absolute atomic E-state index is 0.0118. The van der Waals surface area contributed by atoms with E-state index in [0.29, 0.717) is 25.9 Å². The van der Waals surface area contributed by atoms with E-state index in [4.69, 9.17) is 5.11 Å². The number of rotatable bonds is 9. The molecule has 0 aromatic heterocycles. The van der Waals surface area contributed by atoms with Crippen molar-refractivity contribution in [2.75, 3.05) is 13.2 Å². The third-order valence-electron chi connectivity index (χ3n) is 4.13. The van der Waals surface area contributed by atoms with Gasteiger partial charge in [0, 0.05) is 26.1 Å². The maximum Gasteiger partial charge on any atom is 0.247 e. The molecule has 0 bridgehead atoms. The molecule has 0 aliphatic carbocycles. The fraction of sp³-hybridized carbons (Fsp3) is 0.333. The molecule has 0 aliphatic heterocycles. The molecule has 26 heavy (non-hydrogen) atoms. The number of hydrogen-bond donors (Lipinski definition) is 2. The predicted molar refractivity (Wildman–Crippen MR) is 101 cm³/mol. The fourth-order valence-electron chi connectivity index (χ4n) is 2.80. The molecule has 0 unspecified atom stereocenters. The Morgan fingerprint density at radius 1 is 1.04 bits per heavy atom. The van der Waals surface area contributed by atoms with Crippen LogP contribution < -0.4 is 5.32 Å². The lowest BCUT2D eigenvalue weighted by atomic mass is 10.0. The molecular weight excluding hydrogens is 328 g/mol. The Hall–Kier alpha value is -2.66. The van der Waals surface area contributed by atoms with Crippen LogP contribution in [0.5, 0.6) is 0 Å². The van der Waals surface area contributed by atoms with Crippen LogP contribution in [-0.4, -0.2) is 35.0 Å². The molecule has 2 aromatic carbocycles. The topological polar surface area (TPSA) is 69.6 Å². The molecule has 0 fully saturated rings. The summed E-state index contributed by atoms with van der Waals surface area (Å²) in [5.74, 6) is -0.317. The van der Waals surface area contributed by atoms with E-state index in [0.717, 1.165) is 11.1 Å². The molecule has 5 heteroatoms. The lowest BCUT2D eigenvalue weighted by Crippen LogP contribution is -2.43. The van der Waals surface area contributed by atoms with Crippen molar-refractivity contribution in [2.45, 2.75) is 32.4 Å². The standard InChI is InChI=1S/C21H26N2O3/c1-2-19(25)23(16-17-10-5-3-6-11-17)20(18-12-7-4-8-13-18)21(26)22-14-9-15-24/h3-8,10-13,20,24H,2,9,14-16H2,1H3,(H,22,26)/t20-/m0/s1. The summed E-state index contributed by atoms with van der Waals surface area (Å²) in [5, 5.41) is 11.8. The Labute approximate surface area is 154 Å². The first-order chi connectivity index (χ1) is 12.7. The maximum atomic E-state index is 12.9. The average Bonchev–Trinajstić information content (AvgIpc) is 2.68. The summed E-state index contributed by atoms with van der Waals surface area (Å²) in [6.45, 7) is 2.54. The van der Waals surface area contributed by atoms with Crippen molar-refractivity contribution in [2.24, 2.45) is 0 Å². The van der Waals surface area contributed by atoms with Gasteiger partial charge in [-0.05, 0) is 17.5 Å². The first-order valence-corrected chi connectivity index (χ1v) is 8.94. The second kappa shape index (κ2) is 10.4. The number of amides is 2. The van der Waals surface area contributed by atoms with E-state index in [9.17, 15) is 9.59 Å². The van der Waals surface area contributed by atoms with Crippen molar-refractivity contribution in [1.82, 2.24) is 10.2 Å². The Morgan fingerprint density at radius 2 is 1.65 bits per heavy atom. The Bertz CT molecular complexity index is 689. The number of carbonyl (C=O) groups is 2. The Morgan fingerprint density at radius 3 is 2.23 bits per heavy atom. The molecule has 2 rings (SSSR count). The van der Waals surface area contributed by atoms with Crippen LogP contribution in [0, 0.1) is 0 Å². The molecule has 0 spiro atoms. The van der Waals surface area contributed by atoms with Crippen LogP contribution in [-0.2, 0) is 16.1 Å². The maximum absolute atomic E-state index is 12.9. The summed E-state index contributed by atoms with van der Waals surface area (Å²) < 4.78 is 0. The van der Waals surface area contributed by atoms with Gasteiger partial charge in [-0.15, -0.1) is 0 Å². The largest absolute Gasteiger partial charge is 0.396 e. The second-order valence-corrected chi connectivity index (χ2v) is 6.04. The van der Waals surface area contributed by atoms with Crippen molar-refractivity contribution in [3.05, 3.63) is 71.8 Å². The van der Waals surface area contributed by atoms with Gasteiger partial charge in [0.1, 0.15) is 6.04 Å². The van der Waals surface area contributed by atoms with Crippen LogP contribution in [0.15, 0.2) is 60.7 Å². The Kier molecular flexibility index (Phi) is 7.83. The van der Waals surface area contributed by atoms with Crippen molar-refractivity contribution in [3.8, 4) is 0 Å². The number of aliphatic hydroxyl groups excluding tert-OH is 1. The van der Waals surface area contributed by atoms with Crippen LogP contribution >= 0.6 is 0 Å². The highest BCUT2D eigenvalue weighted by molar-refractivity contribution is 5.88. The van der Waals surface area contributed by atoms with Crippen LogP contribution in [0.25, 0.3) is 0 Å². The van der Waals surface area contributed by atoms with E-state index in [1.54, 1.807) is 11.8 Å². The van der Waals surface area contributed by atoms with E-state index in [-0.39, 0.29) is 18.4 Å². The first kappa shape index (κ1) is 19.7. The number of benzene rings is 2. The zero-order valence-corrected chi connectivity index (χ0v) is 15.1. The number of nitrogens with zero attached hydrogens (tertiary/aromatic N) is 1. The van der Waals surface area contributed by atoms with Gasteiger partial charge in [-0.2, -0.15) is 0 Å². The third-order valence-corrected chi connectivity index (χ3v) is 4.13. The lowest BCUT2D eigenvalue weighted by Gasteiger charge is -2.31. The highest BCUT2D eigenvalue weighted by Gasteiger charge is 2.30. The number of hydrogen-bond acceptors (Lipinski definition) is 3. The van der Waals surface area contributed by atoms with Crippen molar-refractivity contribution >= 4 is 11.8 Å². The normalized spacial score (nSPS) is 11.6. The first-order valence-electron chi connectivity index (χ1n) is 8.94. The number of nitrogens with one attached hydrogen (secondary N) is 1. The van der Waals surface area contributed by atoms with E-state index in [2.05, 4.69) is 5.32 Å². The number of aliphatic hydroxyl groups is 1. The lowest BCUT2D eigenvalue weighted by molar-refractivity contribution is -0.141. The van der Waals surface area contributed by atoms with Gasteiger partial charge in [0.2, 0.25) is 11.8 Å². The molecule has 2 N–H and O–H groups in total. The number of carbonyl (C=O) groups excluding carboxylic acids is 2. The van der Waals surface area contributed by atoms with Gasteiger partial charge >= 0.3 is 0 Å². The summed E-state index contributed by atoms with van der Waals surface area (Å²) in [5.41, 5.74) is 1.74. The van der Waals surface area contributed by atoms with Crippen molar-refractivity contribution < 1.29 is 14.7 Å². The second-order valence-electron chi connectivity index (χ2n) is 6.04. The minimum Gasteiger partial charge on any atom is -0.396 e. The van der Waals surface area contributed by atoms with Crippen LogP contribution in [0.4, 0.5) is 0 Å². The smallest absolute Gasteiger partial charge is 0.247 e. The Balaban J connectivity index is 2.34. The fourth-order valence-corrected chi connectivity index (χ4v) is 2.80. The van der Waals surface area contributed by atoms with Crippen LogP contribution in [0.1, 0.15) is 36.9 Å². The van der Waals surface area contributed by atoms with Gasteiger partial charge in [-0.25, -0.2) is 0 Å².